The highest BCUT2D eigenvalue weighted by Crippen LogP contribution is 2.20. The molecule has 0 rings (SSSR count). The fourth-order valence-corrected chi connectivity index (χ4v) is 1.47. The summed E-state index contributed by atoms with van der Waals surface area (Å²) < 4.78 is 40.2. The van der Waals surface area contributed by atoms with E-state index in [2.05, 4.69) is 5.32 Å². The predicted molar refractivity (Wildman–Crippen MR) is 63.3 cm³/mol. The highest BCUT2D eigenvalue weighted by molar-refractivity contribution is 5.69. The Labute approximate surface area is 106 Å². The van der Waals surface area contributed by atoms with Gasteiger partial charge in [-0.25, -0.2) is 0 Å². The van der Waals surface area contributed by atoms with Gasteiger partial charge in [0.05, 0.1) is 6.61 Å². The fraction of sp³-hybridized carbons (Fsp3) is 0.917. The average molecular weight is 269 g/mol. The van der Waals surface area contributed by atoms with Gasteiger partial charge >= 0.3 is 12.1 Å². The van der Waals surface area contributed by atoms with Crippen LogP contribution in [0.15, 0.2) is 0 Å². The third kappa shape index (κ3) is 13.3. The van der Waals surface area contributed by atoms with E-state index in [0.29, 0.717) is 26.1 Å². The fourth-order valence-electron chi connectivity index (χ4n) is 1.47. The van der Waals surface area contributed by atoms with Crippen LogP contribution in [0.1, 0.15) is 45.4 Å². The Morgan fingerprint density at radius 2 is 1.78 bits per heavy atom. The van der Waals surface area contributed by atoms with E-state index in [1.807, 2.05) is 0 Å². The van der Waals surface area contributed by atoms with Crippen molar-refractivity contribution in [3.63, 3.8) is 0 Å². The molecule has 0 amide bonds. The summed E-state index contributed by atoms with van der Waals surface area (Å²) in [6.45, 7) is 3.25. The van der Waals surface area contributed by atoms with Crippen LogP contribution in [-0.2, 0) is 9.53 Å². The largest absolute Gasteiger partial charge is 0.466 e. The number of unbranched alkanes of at least 4 members (excludes halogenated alkanes) is 2. The van der Waals surface area contributed by atoms with Crippen molar-refractivity contribution in [3.05, 3.63) is 0 Å². The average Bonchev–Trinajstić information content (AvgIpc) is 2.25. The topological polar surface area (TPSA) is 38.3 Å². The quantitative estimate of drug-likeness (QED) is 0.489. The summed E-state index contributed by atoms with van der Waals surface area (Å²) in [6, 6.07) is 0. The number of ether oxygens (including phenoxy) is 1. The standard InChI is InChI=1S/C12H22F3NO2/c1-2-18-11(17)7-4-3-5-9-16-10-6-8-12(13,14)15/h16H,2-10H2,1H3. The lowest BCUT2D eigenvalue weighted by atomic mass is 10.2. The van der Waals surface area contributed by atoms with Gasteiger partial charge < -0.3 is 10.1 Å². The highest BCUT2D eigenvalue weighted by Gasteiger charge is 2.25. The zero-order valence-corrected chi connectivity index (χ0v) is 10.8. The highest BCUT2D eigenvalue weighted by atomic mass is 19.4. The van der Waals surface area contributed by atoms with Gasteiger partial charge in [0.1, 0.15) is 0 Å². The van der Waals surface area contributed by atoms with Crippen LogP contribution in [0.4, 0.5) is 13.2 Å². The van der Waals surface area contributed by atoms with Crippen molar-refractivity contribution in [2.75, 3.05) is 19.7 Å². The lowest BCUT2D eigenvalue weighted by Gasteiger charge is -2.07. The summed E-state index contributed by atoms with van der Waals surface area (Å²) in [5.41, 5.74) is 0. The minimum Gasteiger partial charge on any atom is -0.466 e. The van der Waals surface area contributed by atoms with Gasteiger partial charge in [-0.3, -0.25) is 4.79 Å². The lowest BCUT2D eigenvalue weighted by molar-refractivity contribution is -0.143. The van der Waals surface area contributed by atoms with Crippen LogP contribution in [-0.4, -0.2) is 31.8 Å². The van der Waals surface area contributed by atoms with E-state index in [1.165, 1.54) is 0 Å². The third-order valence-corrected chi connectivity index (χ3v) is 2.35. The minimum absolute atomic E-state index is 0.117. The van der Waals surface area contributed by atoms with E-state index in [9.17, 15) is 18.0 Å². The van der Waals surface area contributed by atoms with E-state index in [0.717, 1.165) is 19.3 Å². The Morgan fingerprint density at radius 1 is 1.11 bits per heavy atom. The molecule has 0 aliphatic heterocycles. The van der Waals surface area contributed by atoms with E-state index < -0.39 is 12.6 Å². The van der Waals surface area contributed by atoms with Gasteiger partial charge in [0.15, 0.2) is 0 Å². The number of esters is 1. The van der Waals surface area contributed by atoms with Crippen LogP contribution in [0, 0.1) is 0 Å². The molecule has 0 atom stereocenters. The maximum atomic E-state index is 11.8. The number of hydrogen-bond donors (Lipinski definition) is 1. The Morgan fingerprint density at radius 3 is 2.39 bits per heavy atom. The number of alkyl halides is 3. The Balaban J connectivity index is 3.15. The number of carbonyl (C=O) groups is 1. The first-order chi connectivity index (χ1) is 8.45. The molecule has 0 saturated heterocycles. The first kappa shape index (κ1) is 17.2. The lowest BCUT2D eigenvalue weighted by Crippen LogP contribution is -2.19. The van der Waals surface area contributed by atoms with Crippen LogP contribution < -0.4 is 5.32 Å². The van der Waals surface area contributed by atoms with Crippen LogP contribution in [0.5, 0.6) is 0 Å². The van der Waals surface area contributed by atoms with Gasteiger partial charge in [-0.1, -0.05) is 6.42 Å². The second-order valence-corrected chi connectivity index (χ2v) is 4.08. The molecule has 108 valence electrons. The SMILES string of the molecule is CCOC(=O)CCCCCNCCCC(F)(F)F. The molecule has 6 heteroatoms. The molecular formula is C12H22F3NO2. The number of rotatable bonds is 10. The van der Waals surface area contributed by atoms with Crippen LogP contribution in [0.2, 0.25) is 0 Å². The van der Waals surface area contributed by atoms with Crippen molar-refractivity contribution in [2.24, 2.45) is 0 Å². The predicted octanol–water partition coefficient (Wildman–Crippen LogP) is 3.04. The van der Waals surface area contributed by atoms with Crippen molar-refractivity contribution < 1.29 is 22.7 Å². The second kappa shape index (κ2) is 10.2. The molecule has 0 aromatic rings. The molecule has 0 bridgehead atoms. The third-order valence-electron chi connectivity index (χ3n) is 2.35. The van der Waals surface area contributed by atoms with Gasteiger partial charge in [0.2, 0.25) is 0 Å². The Bertz CT molecular complexity index is 220. The molecule has 0 aromatic heterocycles. The minimum atomic E-state index is -4.05. The van der Waals surface area contributed by atoms with Gasteiger partial charge in [-0.2, -0.15) is 13.2 Å². The molecule has 0 aromatic carbocycles. The molecule has 0 aliphatic carbocycles. The second-order valence-electron chi connectivity index (χ2n) is 4.08. The van der Waals surface area contributed by atoms with Crippen LogP contribution in [0.25, 0.3) is 0 Å². The summed E-state index contributed by atoms with van der Waals surface area (Å²) in [7, 11) is 0. The molecule has 0 fully saturated rings. The van der Waals surface area contributed by atoms with Gasteiger partial charge in [0, 0.05) is 12.8 Å². The van der Waals surface area contributed by atoms with Gasteiger partial charge in [-0.15, -0.1) is 0 Å². The zero-order valence-electron chi connectivity index (χ0n) is 10.8. The molecule has 0 radical (unpaired) electrons. The van der Waals surface area contributed by atoms with Crippen molar-refractivity contribution >= 4 is 5.97 Å². The van der Waals surface area contributed by atoms with Gasteiger partial charge in [0.25, 0.3) is 0 Å². The molecule has 0 saturated carbocycles. The monoisotopic (exact) mass is 269 g/mol. The number of hydrogen-bond acceptors (Lipinski definition) is 3. The Hall–Kier alpha value is -0.780. The smallest absolute Gasteiger partial charge is 0.389 e. The number of carbonyl (C=O) groups excluding carboxylic acids is 1. The Kier molecular flexibility index (Phi) is 9.73. The van der Waals surface area contributed by atoms with Crippen molar-refractivity contribution in [2.45, 2.75) is 51.6 Å². The first-order valence-electron chi connectivity index (χ1n) is 6.39. The summed E-state index contributed by atoms with van der Waals surface area (Å²) in [5, 5.41) is 2.96. The van der Waals surface area contributed by atoms with Crippen molar-refractivity contribution in [1.29, 1.82) is 0 Å². The molecule has 18 heavy (non-hydrogen) atoms. The zero-order chi connectivity index (χ0) is 13.9. The van der Waals surface area contributed by atoms with Crippen LogP contribution >= 0.6 is 0 Å². The summed E-state index contributed by atoms with van der Waals surface area (Å²) >= 11 is 0. The maximum Gasteiger partial charge on any atom is 0.389 e. The van der Waals surface area contributed by atoms with E-state index in [1.54, 1.807) is 6.92 Å². The first-order valence-corrected chi connectivity index (χ1v) is 6.39. The normalized spacial score (nSPS) is 11.6. The molecule has 3 nitrogen and oxygen atoms in total. The van der Waals surface area contributed by atoms with E-state index in [4.69, 9.17) is 4.74 Å². The van der Waals surface area contributed by atoms with Gasteiger partial charge in [-0.05, 0) is 39.3 Å². The maximum absolute atomic E-state index is 11.8. The molecule has 0 heterocycles. The molecule has 1 N–H and O–H groups in total. The molecule has 0 spiro atoms. The van der Waals surface area contributed by atoms with E-state index in [-0.39, 0.29) is 12.4 Å². The summed E-state index contributed by atoms with van der Waals surface area (Å²) in [5.74, 6) is -0.185. The number of halogens is 3. The van der Waals surface area contributed by atoms with Crippen molar-refractivity contribution in [1.82, 2.24) is 5.32 Å². The molecule has 0 aliphatic rings. The van der Waals surface area contributed by atoms with Crippen LogP contribution in [0.3, 0.4) is 0 Å². The molecular weight excluding hydrogens is 247 g/mol. The summed E-state index contributed by atoms with van der Waals surface area (Å²) in [6.07, 6.45) is -1.74. The van der Waals surface area contributed by atoms with Crippen molar-refractivity contribution in [3.8, 4) is 0 Å². The summed E-state index contributed by atoms with van der Waals surface area (Å²) in [4.78, 5) is 11.0. The number of nitrogens with one attached hydrogen (secondary N) is 1. The van der Waals surface area contributed by atoms with E-state index >= 15 is 0 Å². The molecule has 0 unspecified atom stereocenters.